The molecule has 1 aromatic carbocycles. The van der Waals surface area contributed by atoms with Gasteiger partial charge < -0.3 is 15.8 Å². The topological polar surface area (TPSA) is 84.7 Å². The number of anilines is 2. The largest absolute Gasteiger partial charge is 0.447 e. The summed E-state index contributed by atoms with van der Waals surface area (Å²) in [7, 11) is 0. The number of rotatable bonds is 5. The fraction of sp³-hybridized carbons (Fsp3) is 0.467. The predicted molar refractivity (Wildman–Crippen MR) is 81.2 cm³/mol. The van der Waals surface area contributed by atoms with Crippen LogP contribution in [-0.2, 0) is 9.53 Å². The van der Waals surface area contributed by atoms with Crippen LogP contribution in [0.3, 0.4) is 0 Å². The first-order valence-corrected chi connectivity index (χ1v) is 7.13. The van der Waals surface area contributed by atoms with Gasteiger partial charge in [0.1, 0.15) is 6.61 Å². The van der Waals surface area contributed by atoms with E-state index in [0.717, 1.165) is 6.42 Å². The van der Waals surface area contributed by atoms with E-state index >= 15 is 0 Å². The minimum atomic E-state index is -0.546. The molecule has 0 spiro atoms. The van der Waals surface area contributed by atoms with E-state index in [0.29, 0.717) is 24.5 Å². The van der Waals surface area contributed by atoms with Crippen molar-refractivity contribution in [3.05, 3.63) is 24.3 Å². The standard InChI is InChI=1S/C15H21N3O3/c1-3-10(2)13(16)14(19)17-11-5-4-6-12(9-11)18-7-8-21-15(18)20/h4-6,9-10,13H,3,7-8,16H2,1-2H3,(H,17,19)/t10-,13-/m0/s1. The first kappa shape index (κ1) is 15.3. The fourth-order valence-corrected chi connectivity index (χ4v) is 2.12. The molecule has 1 aromatic rings. The molecule has 2 rings (SSSR count). The Hall–Kier alpha value is -2.08. The molecule has 1 fully saturated rings. The van der Waals surface area contributed by atoms with Gasteiger partial charge in [0.05, 0.1) is 12.6 Å². The van der Waals surface area contributed by atoms with Gasteiger partial charge in [-0.2, -0.15) is 0 Å². The second kappa shape index (κ2) is 6.58. The van der Waals surface area contributed by atoms with Crippen molar-refractivity contribution in [2.75, 3.05) is 23.4 Å². The SMILES string of the molecule is CC[C@H](C)[C@H](N)C(=O)Nc1cccc(N2CCOC2=O)c1. The van der Waals surface area contributed by atoms with Crippen LogP contribution in [0.5, 0.6) is 0 Å². The van der Waals surface area contributed by atoms with Crippen molar-refractivity contribution in [2.45, 2.75) is 26.3 Å². The Labute approximate surface area is 124 Å². The van der Waals surface area contributed by atoms with Gasteiger partial charge in [0, 0.05) is 11.4 Å². The number of benzene rings is 1. The Balaban J connectivity index is 2.07. The molecule has 3 N–H and O–H groups in total. The molecule has 6 nitrogen and oxygen atoms in total. The van der Waals surface area contributed by atoms with Crippen LogP contribution in [-0.4, -0.2) is 31.2 Å². The summed E-state index contributed by atoms with van der Waals surface area (Å²) in [6.07, 6.45) is 0.476. The number of carbonyl (C=O) groups excluding carboxylic acids is 2. The Morgan fingerprint density at radius 3 is 2.90 bits per heavy atom. The maximum Gasteiger partial charge on any atom is 0.414 e. The maximum atomic E-state index is 12.1. The average Bonchev–Trinajstić information content (AvgIpc) is 2.92. The molecule has 0 bridgehead atoms. The highest BCUT2D eigenvalue weighted by Crippen LogP contribution is 2.22. The van der Waals surface area contributed by atoms with E-state index in [1.54, 1.807) is 24.3 Å². The number of nitrogens with two attached hydrogens (primary N) is 1. The number of amides is 2. The van der Waals surface area contributed by atoms with Gasteiger partial charge in [0.25, 0.3) is 0 Å². The highest BCUT2D eigenvalue weighted by molar-refractivity contribution is 5.96. The van der Waals surface area contributed by atoms with Crippen LogP contribution < -0.4 is 16.0 Å². The van der Waals surface area contributed by atoms with Gasteiger partial charge in [0.15, 0.2) is 0 Å². The molecule has 114 valence electrons. The number of ether oxygens (including phenoxy) is 1. The fourth-order valence-electron chi connectivity index (χ4n) is 2.12. The highest BCUT2D eigenvalue weighted by Gasteiger charge is 2.24. The van der Waals surface area contributed by atoms with Crippen LogP contribution in [0.15, 0.2) is 24.3 Å². The first-order valence-electron chi connectivity index (χ1n) is 7.13. The van der Waals surface area contributed by atoms with Crippen LogP contribution in [0.1, 0.15) is 20.3 Å². The second-order valence-corrected chi connectivity index (χ2v) is 5.22. The van der Waals surface area contributed by atoms with E-state index in [1.165, 1.54) is 4.90 Å². The number of hydrogen-bond donors (Lipinski definition) is 2. The second-order valence-electron chi connectivity index (χ2n) is 5.22. The summed E-state index contributed by atoms with van der Waals surface area (Å²) in [4.78, 5) is 25.1. The lowest BCUT2D eigenvalue weighted by Crippen LogP contribution is -2.40. The summed E-state index contributed by atoms with van der Waals surface area (Å²) in [6, 6.07) is 6.55. The van der Waals surface area contributed by atoms with Crippen molar-refractivity contribution in [1.82, 2.24) is 0 Å². The van der Waals surface area contributed by atoms with Gasteiger partial charge in [-0.3, -0.25) is 9.69 Å². The Morgan fingerprint density at radius 1 is 1.52 bits per heavy atom. The highest BCUT2D eigenvalue weighted by atomic mass is 16.6. The number of hydrogen-bond acceptors (Lipinski definition) is 4. The van der Waals surface area contributed by atoms with Gasteiger partial charge in [-0.15, -0.1) is 0 Å². The summed E-state index contributed by atoms with van der Waals surface area (Å²) in [6.45, 7) is 4.84. The summed E-state index contributed by atoms with van der Waals surface area (Å²) in [5, 5.41) is 2.79. The molecule has 0 aromatic heterocycles. The predicted octanol–water partition coefficient (Wildman–Crippen LogP) is 1.96. The van der Waals surface area contributed by atoms with Gasteiger partial charge in [0.2, 0.25) is 5.91 Å². The lowest BCUT2D eigenvalue weighted by atomic mass is 9.99. The van der Waals surface area contributed by atoms with E-state index in [1.807, 2.05) is 13.8 Å². The monoisotopic (exact) mass is 291 g/mol. The molecule has 1 aliphatic rings. The maximum absolute atomic E-state index is 12.1. The number of nitrogens with one attached hydrogen (secondary N) is 1. The van der Waals surface area contributed by atoms with Crippen LogP contribution >= 0.6 is 0 Å². The molecule has 1 aliphatic heterocycles. The van der Waals surface area contributed by atoms with E-state index in [-0.39, 0.29) is 17.9 Å². The van der Waals surface area contributed by atoms with Crippen LogP contribution in [0.4, 0.5) is 16.2 Å². The Morgan fingerprint density at radius 2 is 2.29 bits per heavy atom. The average molecular weight is 291 g/mol. The van der Waals surface area contributed by atoms with Crippen LogP contribution in [0, 0.1) is 5.92 Å². The molecule has 1 saturated heterocycles. The molecule has 0 unspecified atom stereocenters. The lowest BCUT2D eigenvalue weighted by molar-refractivity contribution is -0.118. The normalized spacial score (nSPS) is 17.3. The zero-order chi connectivity index (χ0) is 15.4. The van der Waals surface area contributed by atoms with Gasteiger partial charge in [-0.25, -0.2) is 4.79 Å². The number of cyclic esters (lactones) is 1. The van der Waals surface area contributed by atoms with Gasteiger partial charge in [-0.05, 0) is 24.1 Å². The summed E-state index contributed by atoms with van der Waals surface area (Å²) in [5.74, 6) is -0.104. The van der Waals surface area contributed by atoms with Gasteiger partial charge in [-0.1, -0.05) is 26.3 Å². The van der Waals surface area contributed by atoms with Crippen molar-refractivity contribution in [1.29, 1.82) is 0 Å². The molecule has 2 atom stereocenters. The zero-order valence-corrected chi connectivity index (χ0v) is 12.3. The third kappa shape index (κ3) is 3.52. The lowest BCUT2D eigenvalue weighted by Gasteiger charge is -2.19. The van der Waals surface area contributed by atoms with Gasteiger partial charge >= 0.3 is 6.09 Å². The third-order valence-corrected chi connectivity index (χ3v) is 3.75. The molecular formula is C15H21N3O3. The minimum Gasteiger partial charge on any atom is -0.447 e. The summed E-state index contributed by atoms with van der Waals surface area (Å²) >= 11 is 0. The molecule has 6 heteroatoms. The van der Waals surface area contributed by atoms with E-state index in [2.05, 4.69) is 5.32 Å². The minimum absolute atomic E-state index is 0.113. The summed E-state index contributed by atoms with van der Waals surface area (Å²) in [5.41, 5.74) is 7.23. The molecule has 1 heterocycles. The van der Waals surface area contributed by atoms with Crippen LogP contribution in [0.2, 0.25) is 0 Å². The molecule has 0 saturated carbocycles. The Bertz CT molecular complexity index is 533. The van der Waals surface area contributed by atoms with Crippen molar-refractivity contribution >= 4 is 23.4 Å². The van der Waals surface area contributed by atoms with Crippen molar-refractivity contribution in [3.8, 4) is 0 Å². The Kier molecular flexibility index (Phi) is 4.80. The van der Waals surface area contributed by atoms with E-state index in [4.69, 9.17) is 10.5 Å². The quantitative estimate of drug-likeness (QED) is 0.868. The molecule has 0 aliphatic carbocycles. The van der Waals surface area contributed by atoms with Crippen molar-refractivity contribution in [2.24, 2.45) is 11.7 Å². The summed E-state index contributed by atoms with van der Waals surface area (Å²) < 4.78 is 4.90. The van der Waals surface area contributed by atoms with E-state index in [9.17, 15) is 9.59 Å². The number of carbonyl (C=O) groups is 2. The molecule has 0 radical (unpaired) electrons. The van der Waals surface area contributed by atoms with Crippen molar-refractivity contribution < 1.29 is 14.3 Å². The molecule has 2 amide bonds. The van der Waals surface area contributed by atoms with Crippen LogP contribution in [0.25, 0.3) is 0 Å². The molecular weight excluding hydrogens is 270 g/mol. The number of nitrogens with zero attached hydrogens (tertiary/aromatic N) is 1. The van der Waals surface area contributed by atoms with Crippen molar-refractivity contribution in [3.63, 3.8) is 0 Å². The molecule has 21 heavy (non-hydrogen) atoms. The third-order valence-electron chi connectivity index (χ3n) is 3.75. The van der Waals surface area contributed by atoms with E-state index < -0.39 is 6.04 Å². The zero-order valence-electron chi connectivity index (χ0n) is 12.3. The first-order chi connectivity index (χ1) is 10.0. The smallest absolute Gasteiger partial charge is 0.414 e.